The Morgan fingerprint density at radius 3 is 2.54 bits per heavy atom. The first-order chi connectivity index (χ1) is 12.6. The third kappa shape index (κ3) is 2.89. The SMILES string of the molecule is Cc1nn(-c2ccc([S@@](=N)C3CC3)cn2)c(O)c1-c1ccc(C#N)cc1. The molecule has 0 aliphatic heterocycles. The first kappa shape index (κ1) is 16.5. The highest BCUT2D eigenvalue weighted by Gasteiger charge is 2.26. The molecule has 7 heteroatoms. The lowest BCUT2D eigenvalue weighted by Crippen LogP contribution is -2.02. The number of nitrogens with one attached hydrogen (secondary N) is 1. The van der Waals surface area contributed by atoms with E-state index >= 15 is 0 Å². The van der Waals surface area contributed by atoms with E-state index in [0.29, 0.717) is 27.9 Å². The van der Waals surface area contributed by atoms with Crippen LogP contribution in [-0.2, 0) is 10.7 Å². The quantitative estimate of drug-likeness (QED) is 0.738. The largest absolute Gasteiger partial charge is 0.493 e. The van der Waals surface area contributed by atoms with Crippen LogP contribution in [0.2, 0.25) is 0 Å². The van der Waals surface area contributed by atoms with Crippen LogP contribution >= 0.6 is 0 Å². The molecule has 4 rings (SSSR count). The molecule has 0 unspecified atom stereocenters. The highest BCUT2D eigenvalue weighted by molar-refractivity contribution is 7.87. The van der Waals surface area contributed by atoms with Gasteiger partial charge in [-0.2, -0.15) is 15.0 Å². The Labute approximate surface area is 153 Å². The summed E-state index contributed by atoms with van der Waals surface area (Å²) in [6, 6.07) is 12.8. The first-order valence-electron chi connectivity index (χ1n) is 8.28. The van der Waals surface area contributed by atoms with Gasteiger partial charge in [-0.15, -0.1) is 0 Å². The van der Waals surface area contributed by atoms with E-state index in [1.54, 1.807) is 36.5 Å². The number of benzene rings is 1. The Morgan fingerprint density at radius 2 is 1.96 bits per heavy atom. The summed E-state index contributed by atoms with van der Waals surface area (Å²) >= 11 is 0. The molecular weight excluding hydrogens is 346 g/mol. The van der Waals surface area contributed by atoms with Crippen LogP contribution < -0.4 is 0 Å². The number of hydrogen-bond acceptors (Lipinski definition) is 5. The van der Waals surface area contributed by atoms with Gasteiger partial charge in [-0.1, -0.05) is 22.8 Å². The summed E-state index contributed by atoms with van der Waals surface area (Å²) < 4.78 is 9.63. The van der Waals surface area contributed by atoms with Crippen LogP contribution in [-0.4, -0.2) is 25.1 Å². The maximum atomic E-state index is 10.7. The molecule has 1 fully saturated rings. The van der Waals surface area contributed by atoms with Crippen LogP contribution in [0.25, 0.3) is 16.9 Å². The van der Waals surface area contributed by atoms with Crippen molar-refractivity contribution in [2.75, 3.05) is 0 Å². The molecule has 130 valence electrons. The van der Waals surface area contributed by atoms with Crippen LogP contribution in [0.5, 0.6) is 5.88 Å². The maximum absolute atomic E-state index is 10.7. The molecule has 0 amide bonds. The summed E-state index contributed by atoms with van der Waals surface area (Å²) in [5.41, 5.74) is 2.66. The first-order valence-corrected chi connectivity index (χ1v) is 9.57. The van der Waals surface area contributed by atoms with Crippen molar-refractivity contribution in [1.82, 2.24) is 14.8 Å². The average molecular weight is 363 g/mol. The van der Waals surface area contributed by atoms with Crippen molar-refractivity contribution < 1.29 is 5.11 Å². The van der Waals surface area contributed by atoms with Gasteiger partial charge in [-0.3, -0.25) is 4.78 Å². The monoisotopic (exact) mass is 363 g/mol. The van der Waals surface area contributed by atoms with E-state index in [9.17, 15) is 5.11 Å². The van der Waals surface area contributed by atoms with Gasteiger partial charge in [0.1, 0.15) is 0 Å². The van der Waals surface area contributed by atoms with Gasteiger partial charge in [0.05, 0.1) is 22.9 Å². The zero-order chi connectivity index (χ0) is 18.3. The zero-order valence-corrected chi connectivity index (χ0v) is 15.0. The minimum atomic E-state index is -0.507. The van der Waals surface area contributed by atoms with E-state index in [2.05, 4.69) is 16.2 Å². The second kappa shape index (κ2) is 6.39. The number of aryl methyl sites for hydroxylation is 1. The lowest BCUT2D eigenvalue weighted by molar-refractivity contribution is 0.433. The van der Waals surface area contributed by atoms with Gasteiger partial charge >= 0.3 is 0 Å². The number of aromatic hydroxyl groups is 1. The van der Waals surface area contributed by atoms with E-state index in [1.807, 2.05) is 13.0 Å². The van der Waals surface area contributed by atoms with Gasteiger partial charge in [0.15, 0.2) is 5.82 Å². The number of nitrogens with zero attached hydrogens (tertiary/aromatic N) is 4. The van der Waals surface area contributed by atoms with Crippen LogP contribution in [0.1, 0.15) is 24.1 Å². The Bertz CT molecular complexity index is 1030. The summed E-state index contributed by atoms with van der Waals surface area (Å²) in [4.78, 5) is 5.32. The van der Waals surface area contributed by atoms with Crippen molar-refractivity contribution in [1.29, 1.82) is 10.0 Å². The van der Waals surface area contributed by atoms with Crippen molar-refractivity contribution in [3.63, 3.8) is 0 Å². The fourth-order valence-corrected chi connectivity index (χ4v) is 4.22. The highest BCUT2D eigenvalue weighted by Crippen LogP contribution is 2.34. The molecule has 6 nitrogen and oxygen atoms in total. The molecule has 1 saturated carbocycles. The van der Waals surface area contributed by atoms with Gasteiger partial charge in [0.25, 0.3) is 0 Å². The summed E-state index contributed by atoms with van der Waals surface area (Å²) in [5.74, 6) is 0.529. The fourth-order valence-electron chi connectivity index (χ4n) is 2.85. The second-order valence-electron chi connectivity index (χ2n) is 6.27. The minimum Gasteiger partial charge on any atom is -0.493 e. The maximum Gasteiger partial charge on any atom is 0.223 e. The van der Waals surface area contributed by atoms with Gasteiger partial charge in [-0.25, -0.2) is 4.98 Å². The van der Waals surface area contributed by atoms with Crippen molar-refractivity contribution in [3.05, 3.63) is 53.9 Å². The molecule has 1 aliphatic rings. The standard InChI is InChI=1S/C19H17N5OS/c1-12-18(14-4-2-13(10-20)3-5-14)19(25)24(23-12)17-9-8-16(11-22-17)26(21)15-6-7-15/h2-5,8-9,11,15,21,25H,6-7H2,1H3/t26-/m0/s1. The van der Waals surface area contributed by atoms with E-state index in [-0.39, 0.29) is 5.88 Å². The van der Waals surface area contributed by atoms with Crippen molar-refractivity contribution in [2.24, 2.45) is 0 Å². The molecule has 2 aromatic heterocycles. The average Bonchev–Trinajstić information content (AvgIpc) is 3.47. The molecule has 26 heavy (non-hydrogen) atoms. The predicted molar refractivity (Wildman–Crippen MR) is 99.3 cm³/mol. The molecule has 0 bridgehead atoms. The summed E-state index contributed by atoms with van der Waals surface area (Å²) in [5, 5.41) is 24.5. The number of rotatable bonds is 4. The number of nitriles is 1. The van der Waals surface area contributed by atoms with Crippen molar-refractivity contribution >= 4 is 10.7 Å². The third-order valence-electron chi connectivity index (χ3n) is 4.39. The minimum absolute atomic E-state index is 0.0134. The third-order valence-corrected chi connectivity index (χ3v) is 6.28. The Kier molecular flexibility index (Phi) is 4.05. The van der Waals surface area contributed by atoms with Crippen molar-refractivity contribution in [3.8, 4) is 28.9 Å². The number of pyridine rings is 1. The Hall–Kier alpha value is -2.98. The smallest absolute Gasteiger partial charge is 0.223 e. The molecule has 1 aliphatic carbocycles. The molecule has 2 heterocycles. The highest BCUT2D eigenvalue weighted by atomic mass is 32.2. The lowest BCUT2D eigenvalue weighted by Gasteiger charge is -2.06. The van der Waals surface area contributed by atoms with Crippen LogP contribution in [0, 0.1) is 23.0 Å². The predicted octanol–water partition coefficient (Wildman–Crippen LogP) is 3.72. The number of aromatic nitrogens is 3. The van der Waals surface area contributed by atoms with Gasteiger partial charge in [0.2, 0.25) is 5.88 Å². The van der Waals surface area contributed by atoms with Gasteiger partial charge in [0, 0.05) is 16.3 Å². The molecule has 0 spiro atoms. The van der Waals surface area contributed by atoms with Crippen LogP contribution in [0.3, 0.4) is 0 Å². The molecule has 1 aromatic carbocycles. The van der Waals surface area contributed by atoms with E-state index in [0.717, 1.165) is 23.3 Å². The summed E-state index contributed by atoms with van der Waals surface area (Å²) in [7, 11) is -0.507. The zero-order valence-electron chi connectivity index (χ0n) is 14.2. The van der Waals surface area contributed by atoms with E-state index in [1.165, 1.54) is 4.68 Å². The summed E-state index contributed by atoms with van der Waals surface area (Å²) in [6.07, 6.45) is 3.96. The molecule has 1 atom stereocenters. The fraction of sp³-hybridized carbons (Fsp3) is 0.211. The van der Waals surface area contributed by atoms with Gasteiger partial charge in [-0.05, 0) is 49.6 Å². The molecule has 3 aromatic rings. The topological polar surface area (TPSA) is 98.6 Å². The Balaban J connectivity index is 1.69. The second-order valence-corrected chi connectivity index (χ2v) is 8.09. The van der Waals surface area contributed by atoms with E-state index in [4.69, 9.17) is 10.0 Å². The normalized spacial score (nSPS) is 14.8. The van der Waals surface area contributed by atoms with Crippen LogP contribution in [0.4, 0.5) is 0 Å². The molecule has 0 saturated heterocycles. The van der Waals surface area contributed by atoms with Crippen molar-refractivity contribution in [2.45, 2.75) is 29.9 Å². The lowest BCUT2D eigenvalue weighted by atomic mass is 10.0. The number of hydrogen-bond donors (Lipinski definition) is 2. The Morgan fingerprint density at radius 1 is 1.23 bits per heavy atom. The molecular formula is C19H17N5OS. The molecule has 0 radical (unpaired) electrons. The van der Waals surface area contributed by atoms with E-state index < -0.39 is 10.7 Å². The van der Waals surface area contributed by atoms with Crippen LogP contribution in [0.15, 0.2) is 47.5 Å². The molecule has 2 N–H and O–H groups in total. The van der Waals surface area contributed by atoms with Gasteiger partial charge < -0.3 is 5.11 Å². The summed E-state index contributed by atoms with van der Waals surface area (Å²) in [6.45, 7) is 1.83.